The van der Waals surface area contributed by atoms with Gasteiger partial charge in [0, 0.05) is 6.04 Å². The zero-order chi connectivity index (χ0) is 13.8. The maximum Gasteiger partial charge on any atom is 0.241 e. The first kappa shape index (κ1) is 13.5. The largest absolute Gasteiger partial charge is 0.495 e. The fourth-order valence-electron chi connectivity index (χ4n) is 1.65. The van der Waals surface area contributed by atoms with E-state index >= 15 is 0 Å². The Labute approximate surface area is 116 Å². The number of benzene rings is 1. The molecule has 0 heterocycles. The Morgan fingerprint density at radius 3 is 2.89 bits per heavy atom. The molecule has 1 aromatic rings. The highest BCUT2D eigenvalue weighted by Crippen LogP contribution is 2.29. The van der Waals surface area contributed by atoms with Crippen molar-refractivity contribution >= 4 is 23.2 Å². The molecular weight excluding hydrogens is 266 g/mol. The Morgan fingerprint density at radius 2 is 2.37 bits per heavy atom. The number of hydrogen-bond donors (Lipinski definition) is 1. The number of nitriles is 1. The Balaban J connectivity index is 2.06. The minimum Gasteiger partial charge on any atom is -0.495 e. The van der Waals surface area contributed by atoms with Crippen LogP contribution in [0, 0.1) is 11.5 Å². The number of halogens is 1. The fourth-order valence-corrected chi connectivity index (χ4v) is 1.90. The quantitative estimate of drug-likeness (QED) is 0.660. The second-order valence-electron chi connectivity index (χ2n) is 4.35. The predicted molar refractivity (Wildman–Crippen MR) is 72.1 cm³/mol. The van der Waals surface area contributed by atoms with Gasteiger partial charge in [-0.25, -0.2) is 0 Å². The number of nitrogens with zero attached hydrogens (tertiary/aromatic N) is 2. The highest BCUT2D eigenvalue weighted by atomic mass is 35.5. The van der Waals surface area contributed by atoms with Crippen molar-refractivity contribution in [1.82, 2.24) is 5.32 Å². The fraction of sp³-hybridized carbons (Fsp3) is 0.385. The molecule has 1 aromatic carbocycles. The average molecular weight is 280 g/mol. The normalized spacial score (nSPS) is 13.5. The second-order valence-corrected chi connectivity index (χ2v) is 4.75. The molecule has 0 unspecified atom stereocenters. The monoisotopic (exact) mass is 279 g/mol. The van der Waals surface area contributed by atoms with E-state index in [0.717, 1.165) is 12.8 Å². The lowest BCUT2D eigenvalue weighted by atomic mass is 10.2. The van der Waals surface area contributed by atoms with Crippen molar-refractivity contribution in [2.75, 3.05) is 18.6 Å². The van der Waals surface area contributed by atoms with Crippen LogP contribution >= 0.6 is 11.6 Å². The van der Waals surface area contributed by atoms with Crippen molar-refractivity contribution in [3.05, 3.63) is 23.2 Å². The maximum absolute atomic E-state index is 11.7. The number of anilines is 1. The van der Waals surface area contributed by atoms with Crippen LogP contribution in [-0.2, 0) is 4.79 Å². The van der Waals surface area contributed by atoms with E-state index in [2.05, 4.69) is 5.32 Å². The molecule has 0 radical (unpaired) electrons. The van der Waals surface area contributed by atoms with Crippen molar-refractivity contribution < 1.29 is 9.53 Å². The SMILES string of the molecule is COc1ccc(N(C#N)CC(=O)NC2CC2)cc1Cl. The molecule has 0 aliphatic heterocycles. The van der Waals surface area contributed by atoms with E-state index in [-0.39, 0.29) is 18.5 Å². The van der Waals surface area contributed by atoms with Gasteiger partial charge in [-0.3, -0.25) is 9.69 Å². The van der Waals surface area contributed by atoms with Crippen molar-refractivity contribution in [3.63, 3.8) is 0 Å². The summed E-state index contributed by atoms with van der Waals surface area (Å²) in [6, 6.07) is 5.25. The predicted octanol–water partition coefficient (Wildman–Crippen LogP) is 1.91. The molecule has 1 amide bonds. The van der Waals surface area contributed by atoms with Crippen LogP contribution < -0.4 is 15.0 Å². The summed E-state index contributed by atoms with van der Waals surface area (Å²) in [4.78, 5) is 13.0. The minimum atomic E-state index is -0.156. The van der Waals surface area contributed by atoms with E-state index in [1.54, 1.807) is 18.2 Å². The van der Waals surface area contributed by atoms with Gasteiger partial charge in [-0.05, 0) is 31.0 Å². The first-order chi connectivity index (χ1) is 9.13. The van der Waals surface area contributed by atoms with Gasteiger partial charge < -0.3 is 10.1 Å². The number of rotatable bonds is 5. The van der Waals surface area contributed by atoms with Crippen molar-refractivity contribution in [1.29, 1.82) is 5.26 Å². The Hall–Kier alpha value is -1.93. The summed E-state index contributed by atoms with van der Waals surface area (Å²) in [7, 11) is 1.52. The van der Waals surface area contributed by atoms with E-state index in [9.17, 15) is 4.79 Å². The van der Waals surface area contributed by atoms with Crippen molar-refractivity contribution in [3.8, 4) is 11.9 Å². The Bertz CT molecular complexity index is 523. The van der Waals surface area contributed by atoms with Crippen LogP contribution in [0.25, 0.3) is 0 Å². The summed E-state index contributed by atoms with van der Waals surface area (Å²) in [6.07, 6.45) is 4.02. The number of amides is 1. The van der Waals surface area contributed by atoms with Gasteiger partial charge in [0.1, 0.15) is 12.3 Å². The highest BCUT2D eigenvalue weighted by Gasteiger charge is 2.24. The molecule has 0 saturated heterocycles. The minimum absolute atomic E-state index is 0.00431. The molecule has 1 fully saturated rings. The molecule has 19 heavy (non-hydrogen) atoms. The summed E-state index contributed by atoms with van der Waals surface area (Å²) in [5.41, 5.74) is 0.569. The molecule has 0 atom stereocenters. The Kier molecular flexibility index (Phi) is 4.13. The summed E-state index contributed by atoms with van der Waals surface area (Å²) >= 11 is 6.00. The summed E-state index contributed by atoms with van der Waals surface area (Å²) < 4.78 is 5.04. The molecule has 100 valence electrons. The number of carbonyl (C=O) groups is 1. The molecule has 1 N–H and O–H groups in total. The van der Waals surface area contributed by atoms with Crippen LogP contribution in [0.3, 0.4) is 0 Å². The van der Waals surface area contributed by atoms with E-state index in [0.29, 0.717) is 16.5 Å². The van der Waals surface area contributed by atoms with E-state index in [1.165, 1.54) is 12.0 Å². The molecule has 0 aromatic heterocycles. The molecule has 1 aliphatic carbocycles. The number of ether oxygens (including phenoxy) is 1. The zero-order valence-electron chi connectivity index (χ0n) is 10.5. The van der Waals surface area contributed by atoms with Gasteiger partial charge in [-0.2, -0.15) is 5.26 Å². The van der Waals surface area contributed by atoms with Crippen LogP contribution in [-0.4, -0.2) is 25.6 Å². The Morgan fingerprint density at radius 1 is 1.63 bits per heavy atom. The van der Waals surface area contributed by atoms with Crippen molar-refractivity contribution in [2.45, 2.75) is 18.9 Å². The molecular formula is C13H14ClN3O2. The first-order valence-electron chi connectivity index (χ1n) is 5.94. The number of methoxy groups -OCH3 is 1. The number of hydrogen-bond acceptors (Lipinski definition) is 4. The van der Waals surface area contributed by atoms with Gasteiger partial charge in [0.05, 0.1) is 17.8 Å². The molecule has 0 spiro atoms. The lowest BCUT2D eigenvalue weighted by molar-refractivity contribution is -0.119. The van der Waals surface area contributed by atoms with Gasteiger partial charge in [0.25, 0.3) is 0 Å². The molecule has 2 rings (SSSR count). The summed E-state index contributed by atoms with van der Waals surface area (Å²) in [6.45, 7) is -0.00431. The summed E-state index contributed by atoms with van der Waals surface area (Å²) in [5.74, 6) is 0.377. The molecule has 5 nitrogen and oxygen atoms in total. The topological polar surface area (TPSA) is 65.4 Å². The van der Waals surface area contributed by atoms with Crippen LogP contribution in [0.2, 0.25) is 5.02 Å². The number of nitrogens with one attached hydrogen (secondary N) is 1. The van der Waals surface area contributed by atoms with Crippen molar-refractivity contribution in [2.24, 2.45) is 0 Å². The van der Waals surface area contributed by atoms with Gasteiger partial charge >= 0.3 is 0 Å². The van der Waals surface area contributed by atoms with Gasteiger partial charge in [0.15, 0.2) is 6.19 Å². The lowest BCUT2D eigenvalue weighted by Crippen LogP contribution is -2.36. The van der Waals surface area contributed by atoms with Gasteiger partial charge in [-0.15, -0.1) is 0 Å². The third kappa shape index (κ3) is 3.52. The molecule has 1 saturated carbocycles. The third-order valence-corrected chi connectivity index (χ3v) is 3.11. The zero-order valence-corrected chi connectivity index (χ0v) is 11.3. The van der Waals surface area contributed by atoms with E-state index < -0.39 is 0 Å². The first-order valence-corrected chi connectivity index (χ1v) is 6.32. The third-order valence-electron chi connectivity index (χ3n) is 2.81. The van der Waals surface area contributed by atoms with Gasteiger partial charge in [0.2, 0.25) is 5.91 Å². The molecule has 6 heteroatoms. The van der Waals surface area contributed by atoms with Crippen LogP contribution in [0.4, 0.5) is 5.69 Å². The highest BCUT2D eigenvalue weighted by molar-refractivity contribution is 6.32. The van der Waals surface area contributed by atoms with Gasteiger partial charge in [-0.1, -0.05) is 11.6 Å². The second kappa shape index (κ2) is 5.81. The number of carbonyl (C=O) groups excluding carboxylic acids is 1. The van der Waals surface area contributed by atoms with E-state index in [4.69, 9.17) is 21.6 Å². The summed E-state index contributed by atoms with van der Waals surface area (Å²) in [5, 5.41) is 12.4. The van der Waals surface area contributed by atoms with Crippen LogP contribution in [0.5, 0.6) is 5.75 Å². The average Bonchev–Trinajstić information content (AvgIpc) is 3.19. The molecule has 1 aliphatic rings. The van der Waals surface area contributed by atoms with Crippen LogP contribution in [0.15, 0.2) is 18.2 Å². The van der Waals surface area contributed by atoms with Crippen LogP contribution in [0.1, 0.15) is 12.8 Å². The van der Waals surface area contributed by atoms with E-state index in [1.807, 2.05) is 6.19 Å². The lowest BCUT2D eigenvalue weighted by Gasteiger charge is -2.16. The molecule has 0 bridgehead atoms. The standard InChI is InChI=1S/C13H14ClN3O2/c1-19-12-5-4-10(6-11(12)14)17(8-15)7-13(18)16-9-2-3-9/h4-6,9H,2-3,7H2,1H3,(H,16,18). The smallest absolute Gasteiger partial charge is 0.241 e. The maximum atomic E-state index is 11.7.